The van der Waals surface area contributed by atoms with Crippen molar-refractivity contribution in [2.24, 2.45) is 11.8 Å². The molecule has 4 aromatic rings. The molecule has 2 saturated heterocycles. The maximum absolute atomic E-state index is 12.6. The van der Waals surface area contributed by atoms with Crippen molar-refractivity contribution in [3.63, 3.8) is 0 Å². The highest BCUT2D eigenvalue weighted by molar-refractivity contribution is 5.46. The van der Waals surface area contributed by atoms with Crippen molar-refractivity contribution in [1.29, 1.82) is 0 Å². The molecular formula is C48H65F3N4O4. The van der Waals surface area contributed by atoms with Crippen LogP contribution in [0, 0.1) is 18.8 Å². The first-order valence-electron chi connectivity index (χ1n) is 21.1. The Hall–Kier alpha value is -4.61. The van der Waals surface area contributed by atoms with Crippen LogP contribution in [0.4, 0.5) is 24.5 Å². The average Bonchev–Trinajstić information content (AvgIpc) is 3.26. The number of aryl methyl sites for hydroxylation is 1. The van der Waals surface area contributed by atoms with Crippen LogP contribution in [0.1, 0.15) is 60.8 Å². The molecule has 0 atom stereocenters. The van der Waals surface area contributed by atoms with Gasteiger partial charge in [0.15, 0.2) is 23.0 Å². The van der Waals surface area contributed by atoms with Crippen LogP contribution in [0.15, 0.2) is 84.9 Å². The molecule has 322 valence electrons. The Morgan fingerprint density at radius 2 is 0.932 bits per heavy atom. The normalized spacial score (nSPS) is 15.5. The van der Waals surface area contributed by atoms with E-state index in [2.05, 4.69) is 69.8 Å². The van der Waals surface area contributed by atoms with Crippen LogP contribution >= 0.6 is 0 Å². The van der Waals surface area contributed by atoms with Gasteiger partial charge in [-0.3, -0.25) is 0 Å². The summed E-state index contributed by atoms with van der Waals surface area (Å²) in [5, 5.41) is 6.81. The molecule has 0 aromatic heterocycles. The van der Waals surface area contributed by atoms with Gasteiger partial charge in [0.2, 0.25) is 0 Å². The van der Waals surface area contributed by atoms with E-state index in [1.165, 1.54) is 66.9 Å². The standard InChI is InChI=1S/C24H31F3N2O2.C24H34N2O2/c1-30-22-8-3-19(17-23(22)31-2)12-16-29-14-10-18(11-15-29)9-13-28-21-6-4-20(5-7-21)24(25,26)27;1-19-4-7-22(8-5-19)25-14-10-20-11-15-26(16-12-20)17-13-21-6-9-23(27-2)24(18-21)28-3/h3-8,17-18,28H,9-16H2,1-2H3;4-9,18,20,25H,10-17H2,1-3H3. The predicted molar refractivity (Wildman–Crippen MR) is 234 cm³/mol. The maximum atomic E-state index is 12.6. The van der Waals surface area contributed by atoms with Crippen molar-refractivity contribution in [2.75, 3.05) is 91.4 Å². The molecule has 2 heterocycles. The smallest absolute Gasteiger partial charge is 0.416 e. The van der Waals surface area contributed by atoms with Gasteiger partial charge >= 0.3 is 6.18 Å². The van der Waals surface area contributed by atoms with E-state index in [9.17, 15) is 13.2 Å². The molecule has 0 bridgehead atoms. The van der Waals surface area contributed by atoms with Crippen LogP contribution in [-0.4, -0.2) is 90.6 Å². The Morgan fingerprint density at radius 1 is 0.542 bits per heavy atom. The molecule has 0 unspecified atom stereocenters. The number of hydrogen-bond acceptors (Lipinski definition) is 8. The molecule has 4 aromatic carbocycles. The minimum absolute atomic E-state index is 0.612. The molecule has 6 rings (SSSR count). The Bertz CT molecular complexity index is 1810. The van der Waals surface area contributed by atoms with E-state index in [-0.39, 0.29) is 0 Å². The first-order valence-corrected chi connectivity index (χ1v) is 21.1. The number of hydrogen-bond donors (Lipinski definition) is 2. The third-order valence-corrected chi connectivity index (χ3v) is 11.8. The summed E-state index contributed by atoms with van der Waals surface area (Å²) in [7, 11) is 6.66. The summed E-state index contributed by atoms with van der Waals surface area (Å²) in [6, 6.07) is 26.2. The summed E-state index contributed by atoms with van der Waals surface area (Å²) in [6.07, 6.45) is 4.96. The van der Waals surface area contributed by atoms with E-state index in [1.807, 2.05) is 18.2 Å². The zero-order chi connectivity index (χ0) is 42.0. The number of ether oxygens (including phenoxy) is 4. The molecule has 0 saturated carbocycles. The molecule has 2 aliphatic rings. The monoisotopic (exact) mass is 818 g/mol. The number of halogens is 3. The quantitative estimate of drug-likeness (QED) is 0.103. The zero-order valence-corrected chi connectivity index (χ0v) is 35.7. The number of likely N-dealkylation sites (tertiary alicyclic amines) is 2. The summed E-state index contributed by atoms with van der Waals surface area (Å²) < 4.78 is 59.3. The molecule has 59 heavy (non-hydrogen) atoms. The van der Waals surface area contributed by atoms with Gasteiger partial charge in [-0.15, -0.1) is 0 Å². The lowest BCUT2D eigenvalue weighted by Gasteiger charge is -2.32. The Labute approximate surface area is 350 Å². The number of rotatable bonds is 18. The second-order valence-electron chi connectivity index (χ2n) is 15.8. The third kappa shape index (κ3) is 14.9. The third-order valence-electron chi connectivity index (χ3n) is 11.8. The molecule has 0 aliphatic carbocycles. The Kier molecular flexibility index (Phi) is 17.9. The van der Waals surface area contributed by atoms with Crippen LogP contribution < -0.4 is 29.6 Å². The number of benzene rings is 4. The molecule has 2 fully saturated rings. The predicted octanol–water partition coefficient (Wildman–Crippen LogP) is 10.2. The van der Waals surface area contributed by atoms with Crippen molar-refractivity contribution in [1.82, 2.24) is 9.80 Å². The maximum Gasteiger partial charge on any atom is 0.416 e. The highest BCUT2D eigenvalue weighted by Crippen LogP contribution is 2.31. The number of anilines is 2. The SMILES string of the molecule is COc1ccc(CCN2CCC(CCNc3ccc(C(F)(F)F)cc3)CC2)cc1OC.COc1ccc(CCN2CCC(CCNc3ccc(C)cc3)CC2)cc1OC. The molecule has 0 amide bonds. The lowest BCUT2D eigenvalue weighted by molar-refractivity contribution is -0.137. The van der Waals surface area contributed by atoms with Gasteiger partial charge in [-0.2, -0.15) is 13.2 Å². The minimum atomic E-state index is -4.29. The van der Waals surface area contributed by atoms with Gasteiger partial charge in [-0.25, -0.2) is 0 Å². The lowest BCUT2D eigenvalue weighted by Crippen LogP contribution is -2.35. The highest BCUT2D eigenvalue weighted by atomic mass is 19.4. The van der Waals surface area contributed by atoms with E-state index < -0.39 is 11.7 Å². The molecule has 0 spiro atoms. The minimum Gasteiger partial charge on any atom is -0.493 e. The van der Waals surface area contributed by atoms with Gasteiger partial charge < -0.3 is 39.4 Å². The van der Waals surface area contributed by atoms with Crippen LogP contribution in [-0.2, 0) is 19.0 Å². The van der Waals surface area contributed by atoms with Crippen molar-refractivity contribution < 1.29 is 32.1 Å². The van der Waals surface area contributed by atoms with Gasteiger partial charge in [0.1, 0.15) is 0 Å². The van der Waals surface area contributed by atoms with Crippen LogP contribution in [0.25, 0.3) is 0 Å². The number of nitrogens with one attached hydrogen (secondary N) is 2. The fourth-order valence-electron chi connectivity index (χ4n) is 7.93. The van der Waals surface area contributed by atoms with Crippen molar-refractivity contribution in [3.05, 3.63) is 107 Å². The molecule has 2 aliphatic heterocycles. The molecule has 0 radical (unpaired) electrons. The average molecular weight is 819 g/mol. The summed E-state index contributed by atoms with van der Waals surface area (Å²) in [6.45, 7) is 10.7. The fraction of sp³-hybridized carbons (Fsp3) is 0.500. The number of piperidine rings is 2. The van der Waals surface area contributed by atoms with Gasteiger partial charge in [0.25, 0.3) is 0 Å². The molecule has 11 heteroatoms. The summed E-state index contributed by atoms with van der Waals surface area (Å²) in [5.41, 5.74) is 5.21. The number of alkyl halides is 3. The van der Waals surface area contributed by atoms with Crippen molar-refractivity contribution >= 4 is 11.4 Å². The van der Waals surface area contributed by atoms with Crippen LogP contribution in [0.5, 0.6) is 23.0 Å². The van der Waals surface area contributed by atoms with Crippen LogP contribution in [0.2, 0.25) is 0 Å². The van der Waals surface area contributed by atoms with Gasteiger partial charge in [0, 0.05) is 37.6 Å². The first-order chi connectivity index (χ1) is 28.6. The van der Waals surface area contributed by atoms with Gasteiger partial charge in [0.05, 0.1) is 34.0 Å². The van der Waals surface area contributed by atoms with E-state index in [4.69, 9.17) is 18.9 Å². The van der Waals surface area contributed by atoms with E-state index >= 15 is 0 Å². The molecular weight excluding hydrogens is 754 g/mol. The van der Waals surface area contributed by atoms with Crippen LogP contribution in [0.3, 0.4) is 0 Å². The molecule has 2 N–H and O–H groups in total. The summed E-state index contributed by atoms with van der Waals surface area (Å²) in [4.78, 5) is 5.09. The summed E-state index contributed by atoms with van der Waals surface area (Å²) in [5.74, 6) is 4.62. The highest BCUT2D eigenvalue weighted by Gasteiger charge is 2.30. The second-order valence-corrected chi connectivity index (χ2v) is 15.8. The first kappa shape index (κ1) is 45.5. The van der Waals surface area contributed by atoms with Crippen molar-refractivity contribution in [2.45, 2.75) is 64.5 Å². The topological polar surface area (TPSA) is 67.5 Å². The van der Waals surface area contributed by atoms with E-state index in [0.717, 1.165) is 118 Å². The fourth-order valence-corrected chi connectivity index (χ4v) is 7.93. The number of methoxy groups -OCH3 is 4. The zero-order valence-electron chi connectivity index (χ0n) is 35.7. The van der Waals surface area contributed by atoms with Gasteiger partial charge in [-0.1, -0.05) is 29.8 Å². The summed E-state index contributed by atoms with van der Waals surface area (Å²) >= 11 is 0. The lowest BCUT2D eigenvalue weighted by atomic mass is 9.93. The Morgan fingerprint density at radius 3 is 1.31 bits per heavy atom. The second kappa shape index (κ2) is 23.3. The van der Waals surface area contributed by atoms with Crippen molar-refractivity contribution in [3.8, 4) is 23.0 Å². The Balaban J connectivity index is 0.000000225. The van der Waals surface area contributed by atoms with E-state index in [1.54, 1.807) is 28.4 Å². The largest absolute Gasteiger partial charge is 0.493 e. The number of nitrogens with zero attached hydrogens (tertiary/aromatic N) is 2. The van der Waals surface area contributed by atoms with E-state index in [0.29, 0.717) is 5.92 Å². The van der Waals surface area contributed by atoms with Gasteiger partial charge in [-0.05, 0) is 168 Å². The molecule has 8 nitrogen and oxygen atoms in total.